The van der Waals surface area contributed by atoms with Crippen molar-refractivity contribution >= 4 is 57.4 Å². The van der Waals surface area contributed by atoms with E-state index in [0.717, 1.165) is 5.39 Å². The van der Waals surface area contributed by atoms with Gasteiger partial charge in [-0.25, -0.2) is 0 Å². The molecule has 0 unspecified atom stereocenters. The molecule has 4 aromatic rings. The van der Waals surface area contributed by atoms with E-state index in [1.54, 1.807) is 66.6 Å². The van der Waals surface area contributed by atoms with Gasteiger partial charge >= 0.3 is 0 Å². The van der Waals surface area contributed by atoms with Crippen LogP contribution >= 0.6 is 23.2 Å². The van der Waals surface area contributed by atoms with Gasteiger partial charge in [0, 0.05) is 50.9 Å². The van der Waals surface area contributed by atoms with Gasteiger partial charge in [-0.05, 0) is 66.4 Å². The Hall–Kier alpha value is -3.87. The molecule has 0 aromatic heterocycles. The summed E-state index contributed by atoms with van der Waals surface area (Å²) in [6.07, 6.45) is 0.363. The monoisotopic (exact) mass is 532 g/mol. The zero-order valence-electron chi connectivity index (χ0n) is 19.9. The molecule has 5 rings (SSSR count). The van der Waals surface area contributed by atoms with Crippen molar-refractivity contribution in [2.75, 3.05) is 25.1 Å². The van der Waals surface area contributed by atoms with E-state index in [1.807, 2.05) is 24.3 Å². The minimum absolute atomic E-state index is 0.151. The van der Waals surface area contributed by atoms with Crippen molar-refractivity contribution in [3.63, 3.8) is 0 Å². The number of nitrogens with zero attached hydrogens (tertiary/aromatic N) is 2. The van der Waals surface area contributed by atoms with E-state index < -0.39 is 0 Å². The molecule has 0 N–H and O–H groups in total. The van der Waals surface area contributed by atoms with Gasteiger partial charge in [0.1, 0.15) is 5.75 Å². The molecule has 8 heteroatoms. The average molecular weight is 533 g/mol. The first-order valence-electron chi connectivity index (χ1n) is 11.7. The fraction of sp³-hybridized carbons (Fsp3) is 0.138. The van der Waals surface area contributed by atoms with Crippen LogP contribution in [0.3, 0.4) is 0 Å². The molecule has 0 spiro atoms. The maximum absolute atomic E-state index is 13.5. The smallest absolute Gasteiger partial charge is 0.261 e. The second-order valence-electron chi connectivity index (χ2n) is 8.64. The van der Waals surface area contributed by atoms with E-state index >= 15 is 0 Å². The topological polar surface area (TPSA) is 66.9 Å². The molecule has 1 aliphatic rings. The van der Waals surface area contributed by atoms with Gasteiger partial charge in [-0.1, -0.05) is 47.5 Å². The average Bonchev–Trinajstić information content (AvgIpc) is 2.90. The lowest BCUT2D eigenvalue weighted by atomic mass is 9.94. The van der Waals surface area contributed by atoms with Gasteiger partial charge in [-0.2, -0.15) is 0 Å². The molecule has 0 atom stereocenters. The first kappa shape index (κ1) is 24.8. The van der Waals surface area contributed by atoms with Crippen molar-refractivity contribution in [1.82, 2.24) is 4.90 Å². The number of benzene rings is 4. The van der Waals surface area contributed by atoms with E-state index in [1.165, 1.54) is 4.90 Å². The first-order valence-corrected chi connectivity index (χ1v) is 12.4. The number of hydrogen-bond donors (Lipinski definition) is 0. The number of rotatable bonds is 7. The maximum atomic E-state index is 13.5. The Balaban J connectivity index is 1.40. The minimum Gasteiger partial charge on any atom is -0.497 e. The summed E-state index contributed by atoms with van der Waals surface area (Å²) in [6, 6.07) is 22.6. The Morgan fingerprint density at radius 1 is 0.865 bits per heavy atom. The molecule has 0 radical (unpaired) electrons. The normalized spacial score (nSPS) is 12.7. The number of ether oxygens (including phenoxy) is 1. The summed E-state index contributed by atoms with van der Waals surface area (Å²) in [5.41, 5.74) is 1.97. The van der Waals surface area contributed by atoms with Gasteiger partial charge in [-0.15, -0.1) is 0 Å². The van der Waals surface area contributed by atoms with Crippen LogP contribution in [-0.4, -0.2) is 42.8 Å². The zero-order chi connectivity index (χ0) is 26.1. The minimum atomic E-state index is -0.335. The fourth-order valence-electron chi connectivity index (χ4n) is 4.61. The van der Waals surface area contributed by atoms with Crippen molar-refractivity contribution in [3.05, 3.63) is 106 Å². The number of carbonyl (C=O) groups is 3. The van der Waals surface area contributed by atoms with Crippen molar-refractivity contribution in [2.24, 2.45) is 0 Å². The maximum Gasteiger partial charge on any atom is 0.261 e. The second kappa shape index (κ2) is 10.2. The van der Waals surface area contributed by atoms with Gasteiger partial charge in [0.2, 0.25) is 0 Å². The quantitative estimate of drug-likeness (QED) is 0.255. The lowest BCUT2D eigenvalue weighted by molar-refractivity contribution is 0.0610. The molecule has 1 heterocycles. The molecule has 0 fully saturated rings. The fourth-order valence-corrected chi connectivity index (χ4v) is 5.14. The molecule has 0 bridgehead atoms. The van der Waals surface area contributed by atoms with E-state index in [0.29, 0.717) is 50.0 Å². The van der Waals surface area contributed by atoms with Crippen LogP contribution in [0.15, 0.2) is 78.9 Å². The highest BCUT2D eigenvalue weighted by atomic mass is 35.5. The van der Waals surface area contributed by atoms with Crippen LogP contribution in [0.25, 0.3) is 10.8 Å². The van der Waals surface area contributed by atoms with Gasteiger partial charge in [0.15, 0.2) is 0 Å². The summed E-state index contributed by atoms with van der Waals surface area (Å²) in [7, 11) is 1.57. The molecular formula is C29H22Cl2N2O4. The van der Waals surface area contributed by atoms with Crippen LogP contribution < -0.4 is 9.64 Å². The highest BCUT2D eigenvalue weighted by molar-refractivity contribution is 6.35. The van der Waals surface area contributed by atoms with Crippen molar-refractivity contribution in [1.29, 1.82) is 0 Å². The molecule has 0 saturated carbocycles. The number of carbonyl (C=O) groups excluding carboxylic acids is 3. The molecular weight excluding hydrogens is 511 g/mol. The number of imide groups is 1. The Labute approximate surface area is 224 Å². The Bertz CT molecular complexity index is 1460. The summed E-state index contributed by atoms with van der Waals surface area (Å²) in [5, 5.41) is 2.24. The highest BCUT2D eigenvalue weighted by Crippen LogP contribution is 2.30. The third-order valence-corrected chi connectivity index (χ3v) is 6.79. The Morgan fingerprint density at radius 2 is 1.46 bits per heavy atom. The standard InChI is InChI=1S/C29H22Cl2N2O4/c1-37-23-11-9-22(10-12-23)32(27(34)19-15-20(30)17-21(31)16-19)13-4-14-33-28(35)24-7-2-5-18-6-3-8-25(26(18)24)29(33)36/h2-3,5-12,15-17H,4,13-14H2,1H3. The van der Waals surface area contributed by atoms with E-state index in [9.17, 15) is 14.4 Å². The van der Waals surface area contributed by atoms with Crippen molar-refractivity contribution < 1.29 is 19.1 Å². The summed E-state index contributed by atoms with van der Waals surface area (Å²) in [5.74, 6) is -0.322. The molecule has 37 heavy (non-hydrogen) atoms. The third-order valence-electron chi connectivity index (χ3n) is 6.36. The Kier molecular flexibility index (Phi) is 6.87. The second-order valence-corrected chi connectivity index (χ2v) is 9.51. The number of hydrogen-bond acceptors (Lipinski definition) is 4. The first-order chi connectivity index (χ1) is 17.9. The highest BCUT2D eigenvalue weighted by Gasteiger charge is 2.32. The molecule has 3 amide bonds. The molecule has 6 nitrogen and oxygen atoms in total. The zero-order valence-corrected chi connectivity index (χ0v) is 21.4. The van der Waals surface area contributed by atoms with Crippen LogP contribution in [0, 0.1) is 0 Å². The van der Waals surface area contributed by atoms with Crippen molar-refractivity contribution in [2.45, 2.75) is 6.42 Å². The lowest BCUT2D eigenvalue weighted by Crippen LogP contribution is -2.42. The van der Waals surface area contributed by atoms with E-state index in [2.05, 4.69) is 0 Å². The number of amides is 3. The largest absolute Gasteiger partial charge is 0.497 e. The number of methoxy groups -OCH3 is 1. The molecule has 1 aliphatic heterocycles. The van der Waals surface area contributed by atoms with Crippen molar-refractivity contribution in [3.8, 4) is 5.75 Å². The molecule has 0 aliphatic carbocycles. The van der Waals surface area contributed by atoms with Gasteiger partial charge in [0.25, 0.3) is 17.7 Å². The third kappa shape index (κ3) is 4.78. The summed E-state index contributed by atoms with van der Waals surface area (Å²) < 4.78 is 5.24. The van der Waals surface area contributed by atoms with Gasteiger partial charge in [0.05, 0.1) is 7.11 Å². The molecule has 186 valence electrons. The van der Waals surface area contributed by atoms with Crippen LogP contribution in [0.4, 0.5) is 5.69 Å². The van der Waals surface area contributed by atoms with E-state index in [-0.39, 0.29) is 30.8 Å². The molecule has 4 aromatic carbocycles. The van der Waals surface area contributed by atoms with Gasteiger partial charge in [-0.3, -0.25) is 19.3 Å². The molecule has 0 saturated heterocycles. The predicted molar refractivity (Wildman–Crippen MR) is 145 cm³/mol. The number of halogens is 2. The van der Waals surface area contributed by atoms with Crippen LogP contribution in [0.1, 0.15) is 37.5 Å². The predicted octanol–water partition coefficient (Wildman–Crippen LogP) is 6.49. The van der Waals surface area contributed by atoms with Gasteiger partial charge < -0.3 is 9.64 Å². The summed E-state index contributed by atoms with van der Waals surface area (Å²) in [6.45, 7) is 0.400. The number of anilines is 1. The van der Waals surface area contributed by atoms with Crippen LogP contribution in [-0.2, 0) is 0 Å². The lowest BCUT2D eigenvalue weighted by Gasteiger charge is -2.29. The summed E-state index contributed by atoms with van der Waals surface area (Å²) in [4.78, 5) is 42.9. The van der Waals surface area contributed by atoms with E-state index in [4.69, 9.17) is 27.9 Å². The van der Waals surface area contributed by atoms with Crippen LogP contribution in [0.2, 0.25) is 10.0 Å². The van der Waals surface area contributed by atoms with Crippen LogP contribution in [0.5, 0.6) is 5.75 Å². The Morgan fingerprint density at radius 3 is 2.03 bits per heavy atom. The SMILES string of the molecule is COc1ccc(N(CCCN2C(=O)c3cccc4cccc(c34)C2=O)C(=O)c2cc(Cl)cc(Cl)c2)cc1. The summed E-state index contributed by atoms with van der Waals surface area (Å²) >= 11 is 12.3.